The van der Waals surface area contributed by atoms with Crippen LogP contribution in [0.5, 0.6) is 5.75 Å². The molecule has 0 unspecified atom stereocenters. The number of anilines is 2. The van der Waals surface area contributed by atoms with Gasteiger partial charge in [0.1, 0.15) is 29.4 Å². The fourth-order valence-corrected chi connectivity index (χ4v) is 3.67. The smallest absolute Gasteiger partial charge is 0.141 e. The molecule has 0 aliphatic rings. The van der Waals surface area contributed by atoms with E-state index in [0.717, 1.165) is 33.5 Å². The second-order valence-corrected chi connectivity index (χ2v) is 7.77. The molecule has 33 heavy (non-hydrogen) atoms. The van der Waals surface area contributed by atoms with E-state index >= 15 is 0 Å². The Morgan fingerprint density at radius 1 is 1.06 bits per heavy atom. The molecule has 3 aromatic carbocycles. The summed E-state index contributed by atoms with van der Waals surface area (Å²) < 4.78 is 20.6. The van der Waals surface area contributed by atoms with E-state index in [2.05, 4.69) is 25.6 Å². The molecule has 0 saturated heterocycles. The first-order chi connectivity index (χ1) is 16.1. The largest absolute Gasteiger partial charge is 0.497 e. The minimum absolute atomic E-state index is 0.0340. The lowest BCUT2D eigenvalue weighted by atomic mass is 10.1. The van der Waals surface area contributed by atoms with Gasteiger partial charge in [-0.2, -0.15) is 0 Å². The van der Waals surface area contributed by atoms with Crippen LogP contribution in [0.1, 0.15) is 5.56 Å². The Hall–Kier alpha value is -4.04. The molecule has 0 radical (unpaired) electrons. The van der Waals surface area contributed by atoms with Gasteiger partial charge in [0.2, 0.25) is 0 Å². The van der Waals surface area contributed by atoms with Crippen molar-refractivity contribution in [1.82, 2.24) is 25.0 Å². The highest BCUT2D eigenvalue weighted by Gasteiger charge is 2.10. The van der Waals surface area contributed by atoms with Crippen LogP contribution >= 0.6 is 11.6 Å². The molecule has 2 aromatic heterocycles. The molecule has 0 spiro atoms. The fourth-order valence-electron chi connectivity index (χ4n) is 3.49. The van der Waals surface area contributed by atoms with Crippen LogP contribution in [0.25, 0.3) is 22.2 Å². The number of aromatic nitrogens is 5. The number of ether oxygens (including phenoxy) is 1. The molecule has 5 rings (SSSR count). The molecule has 5 aromatic rings. The number of nitrogens with one attached hydrogen (secondary N) is 1. The molecule has 1 N–H and O–H groups in total. The van der Waals surface area contributed by atoms with Gasteiger partial charge in [0, 0.05) is 16.6 Å². The van der Waals surface area contributed by atoms with Gasteiger partial charge in [-0.1, -0.05) is 35.0 Å². The molecule has 0 aliphatic carbocycles. The summed E-state index contributed by atoms with van der Waals surface area (Å²) in [5.74, 6) is 0.896. The Morgan fingerprint density at radius 2 is 1.97 bits per heavy atom. The van der Waals surface area contributed by atoms with Crippen molar-refractivity contribution in [1.29, 1.82) is 0 Å². The minimum atomic E-state index is -0.478. The van der Waals surface area contributed by atoms with Crippen molar-refractivity contribution in [2.45, 2.75) is 6.54 Å². The number of nitrogens with zero attached hydrogens (tertiary/aromatic N) is 5. The number of halogens is 2. The van der Waals surface area contributed by atoms with Crippen molar-refractivity contribution >= 4 is 34.0 Å². The van der Waals surface area contributed by atoms with E-state index in [-0.39, 0.29) is 5.02 Å². The zero-order chi connectivity index (χ0) is 22.8. The van der Waals surface area contributed by atoms with Gasteiger partial charge in [-0.05, 0) is 48.0 Å². The summed E-state index contributed by atoms with van der Waals surface area (Å²) in [5, 5.41) is 12.6. The molecule has 0 bridgehead atoms. The second-order valence-electron chi connectivity index (χ2n) is 7.36. The van der Waals surface area contributed by atoms with E-state index < -0.39 is 5.82 Å². The summed E-state index contributed by atoms with van der Waals surface area (Å²) in [6.45, 7) is 0.568. The highest BCUT2D eigenvalue weighted by atomic mass is 35.5. The summed E-state index contributed by atoms with van der Waals surface area (Å²) in [6.07, 6.45) is 3.36. The minimum Gasteiger partial charge on any atom is -0.497 e. The number of methoxy groups -OCH3 is 1. The third-order valence-corrected chi connectivity index (χ3v) is 5.42. The van der Waals surface area contributed by atoms with Gasteiger partial charge < -0.3 is 10.1 Å². The maximum absolute atomic E-state index is 13.5. The number of hydrogen-bond donors (Lipinski definition) is 1. The lowest BCUT2D eigenvalue weighted by Crippen LogP contribution is -2.00. The quantitative estimate of drug-likeness (QED) is 0.361. The van der Waals surface area contributed by atoms with Crippen LogP contribution in [-0.2, 0) is 6.54 Å². The van der Waals surface area contributed by atoms with Crippen LogP contribution in [0.3, 0.4) is 0 Å². The Bertz CT molecular complexity index is 1450. The summed E-state index contributed by atoms with van der Waals surface area (Å²) in [4.78, 5) is 8.69. The van der Waals surface area contributed by atoms with Crippen molar-refractivity contribution in [3.05, 3.63) is 89.6 Å². The normalized spacial score (nSPS) is 11.0. The van der Waals surface area contributed by atoms with Crippen molar-refractivity contribution in [2.24, 2.45) is 0 Å². The Kier molecular flexibility index (Phi) is 5.58. The van der Waals surface area contributed by atoms with Crippen LogP contribution in [0.15, 0.2) is 73.2 Å². The van der Waals surface area contributed by atoms with Crippen LogP contribution in [0.2, 0.25) is 5.02 Å². The molecular weight excluding hydrogens is 443 g/mol. The van der Waals surface area contributed by atoms with Gasteiger partial charge in [-0.3, -0.25) is 0 Å². The lowest BCUT2D eigenvalue weighted by molar-refractivity contribution is 0.414. The molecule has 0 aliphatic heterocycles. The zero-order valence-electron chi connectivity index (χ0n) is 17.5. The van der Waals surface area contributed by atoms with Crippen LogP contribution in [0, 0.1) is 5.82 Å². The van der Waals surface area contributed by atoms with Crippen molar-refractivity contribution < 1.29 is 9.13 Å². The fraction of sp³-hybridized carbons (Fsp3) is 0.0833. The van der Waals surface area contributed by atoms with Gasteiger partial charge in [0.15, 0.2) is 0 Å². The Labute approximate surface area is 193 Å². The van der Waals surface area contributed by atoms with Gasteiger partial charge in [-0.15, -0.1) is 5.10 Å². The standard InChI is InChI=1S/C24H18ClFN6O/c1-33-18-4-2-3-15(9-18)12-32-13-23(30-31-32)16-5-8-22-19(10-16)24(28-14-27-22)29-17-6-7-21(26)20(25)11-17/h2-11,13-14H,12H2,1H3,(H,27,28,29). The second kappa shape index (κ2) is 8.84. The van der Waals surface area contributed by atoms with E-state index in [1.54, 1.807) is 17.9 Å². The van der Waals surface area contributed by atoms with Crippen molar-refractivity contribution in [2.75, 3.05) is 12.4 Å². The first kappa shape index (κ1) is 20.8. The SMILES string of the molecule is COc1cccc(Cn2cc(-c3ccc4ncnc(Nc5ccc(F)c(Cl)c5)c4c3)nn2)c1. The number of rotatable bonds is 6. The van der Waals surface area contributed by atoms with E-state index in [4.69, 9.17) is 16.3 Å². The first-order valence-electron chi connectivity index (χ1n) is 10.1. The Morgan fingerprint density at radius 3 is 2.82 bits per heavy atom. The van der Waals surface area contributed by atoms with E-state index in [1.807, 2.05) is 48.7 Å². The Balaban J connectivity index is 1.44. The maximum atomic E-state index is 13.5. The molecule has 164 valence electrons. The number of hydrogen-bond acceptors (Lipinski definition) is 6. The van der Waals surface area contributed by atoms with Gasteiger partial charge in [-0.25, -0.2) is 19.0 Å². The highest BCUT2D eigenvalue weighted by Crippen LogP contribution is 2.29. The number of fused-ring (bicyclic) bond motifs is 1. The predicted molar refractivity (Wildman–Crippen MR) is 125 cm³/mol. The molecule has 0 fully saturated rings. The van der Waals surface area contributed by atoms with Gasteiger partial charge >= 0.3 is 0 Å². The molecule has 2 heterocycles. The third kappa shape index (κ3) is 4.47. The molecule has 0 atom stereocenters. The summed E-state index contributed by atoms with van der Waals surface area (Å²) in [7, 11) is 1.64. The third-order valence-electron chi connectivity index (χ3n) is 5.13. The molecule has 0 amide bonds. The van der Waals surface area contributed by atoms with E-state index in [1.165, 1.54) is 18.5 Å². The lowest BCUT2D eigenvalue weighted by Gasteiger charge is -2.09. The average Bonchev–Trinajstić information content (AvgIpc) is 3.30. The summed E-state index contributed by atoms with van der Waals surface area (Å²) in [5.41, 5.74) is 4.03. The van der Waals surface area contributed by atoms with Crippen LogP contribution in [0.4, 0.5) is 15.9 Å². The topological polar surface area (TPSA) is 77.8 Å². The van der Waals surface area contributed by atoms with Gasteiger partial charge in [0.25, 0.3) is 0 Å². The number of benzene rings is 3. The van der Waals surface area contributed by atoms with Crippen LogP contribution in [-0.4, -0.2) is 32.1 Å². The highest BCUT2D eigenvalue weighted by molar-refractivity contribution is 6.31. The van der Waals surface area contributed by atoms with Crippen molar-refractivity contribution in [3.8, 4) is 17.0 Å². The maximum Gasteiger partial charge on any atom is 0.141 e. The van der Waals surface area contributed by atoms with Gasteiger partial charge in [0.05, 0.1) is 30.4 Å². The molecular formula is C24H18ClFN6O. The average molecular weight is 461 g/mol. The molecule has 0 saturated carbocycles. The summed E-state index contributed by atoms with van der Waals surface area (Å²) >= 11 is 5.91. The predicted octanol–water partition coefficient (Wildman–Crippen LogP) is 5.48. The van der Waals surface area contributed by atoms with Crippen molar-refractivity contribution in [3.63, 3.8) is 0 Å². The van der Waals surface area contributed by atoms with Crippen LogP contribution < -0.4 is 10.1 Å². The monoisotopic (exact) mass is 460 g/mol. The first-order valence-corrected chi connectivity index (χ1v) is 10.5. The van der Waals surface area contributed by atoms with E-state index in [0.29, 0.717) is 18.1 Å². The molecule has 9 heteroatoms. The zero-order valence-corrected chi connectivity index (χ0v) is 18.3. The molecule has 7 nitrogen and oxygen atoms in total. The summed E-state index contributed by atoms with van der Waals surface area (Å²) in [6, 6.07) is 18.0. The van der Waals surface area contributed by atoms with E-state index in [9.17, 15) is 4.39 Å².